The zero-order valence-corrected chi connectivity index (χ0v) is 10.2. The molecular formula is C13H25NO. The fourth-order valence-corrected chi connectivity index (χ4v) is 2.80. The number of hydrogen-bond donors (Lipinski definition) is 1. The summed E-state index contributed by atoms with van der Waals surface area (Å²) in [6.45, 7) is 5.44. The van der Waals surface area contributed by atoms with Crippen LogP contribution in [0, 0.1) is 0 Å². The monoisotopic (exact) mass is 211 g/mol. The molecule has 0 aromatic heterocycles. The molecule has 0 aromatic carbocycles. The van der Waals surface area contributed by atoms with Gasteiger partial charge in [0.1, 0.15) is 0 Å². The number of rotatable bonds is 1. The molecule has 2 rings (SSSR count). The second kappa shape index (κ2) is 4.84. The molecule has 1 aliphatic carbocycles. The molecule has 15 heavy (non-hydrogen) atoms. The van der Waals surface area contributed by atoms with Gasteiger partial charge in [0.05, 0.1) is 12.7 Å². The predicted octanol–water partition coefficient (Wildman–Crippen LogP) is 2.87. The molecule has 0 amide bonds. The smallest absolute Gasteiger partial charge is 0.0729 e. The lowest BCUT2D eigenvalue weighted by atomic mass is 9.88. The number of fused-ring (bicyclic) bond motifs is 1. The molecule has 1 saturated heterocycles. The summed E-state index contributed by atoms with van der Waals surface area (Å²) in [6.07, 6.45) is 9.76. The van der Waals surface area contributed by atoms with Gasteiger partial charge in [-0.05, 0) is 26.2 Å². The van der Waals surface area contributed by atoms with Gasteiger partial charge in [-0.1, -0.05) is 32.6 Å². The third kappa shape index (κ3) is 2.73. The van der Waals surface area contributed by atoms with E-state index in [0.717, 1.165) is 13.0 Å². The van der Waals surface area contributed by atoms with E-state index in [2.05, 4.69) is 19.2 Å². The maximum absolute atomic E-state index is 6.06. The number of nitrogens with one attached hydrogen (secondary N) is 1. The first-order valence-corrected chi connectivity index (χ1v) is 6.63. The summed E-state index contributed by atoms with van der Waals surface area (Å²) < 4.78 is 6.06. The Morgan fingerprint density at radius 2 is 1.93 bits per heavy atom. The first-order chi connectivity index (χ1) is 7.23. The van der Waals surface area contributed by atoms with Crippen molar-refractivity contribution in [2.45, 2.75) is 76.5 Å². The highest BCUT2D eigenvalue weighted by molar-refractivity contribution is 4.94. The van der Waals surface area contributed by atoms with Crippen LogP contribution in [-0.2, 0) is 4.74 Å². The van der Waals surface area contributed by atoms with Gasteiger partial charge in [-0.2, -0.15) is 0 Å². The molecule has 88 valence electrons. The van der Waals surface area contributed by atoms with Gasteiger partial charge in [0, 0.05) is 11.6 Å². The summed E-state index contributed by atoms with van der Waals surface area (Å²) in [4.78, 5) is 0. The van der Waals surface area contributed by atoms with E-state index in [4.69, 9.17) is 4.74 Å². The Hall–Kier alpha value is -0.0800. The molecule has 2 nitrogen and oxygen atoms in total. The second-order valence-electron chi connectivity index (χ2n) is 5.51. The van der Waals surface area contributed by atoms with Gasteiger partial charge in [-0.3, -0.25) is 0 Å². The molecule has 0 aromatic rings. The summed E-state index contributed by atoms with van der Waals surface area (Å²) in [5, 5.41) is 3.82. The van der Waals surface area contributed by atoms with Gasteiger partial charge in [0.25, 0.3) is 0 Å². The van der Waals surface area contributed by atoms with E-state index in [1.54, 1.807) is 0 Å². The van der Waals surface area contributed by atoms with Gasteiger partial charge in [-0.15, -0.1) is 0 Å². The molecule has 0 spiro atoms. The highest BCUT2D eigenvalue weighted by Gasteiger charge is 2.36. The Kier molecular flexibility index (Phi) is 3.68. The van der Waals surface area contributed by atoms with Gasteiger partial charge in [0.15, 0.2) is 0 Å². The molecule has 2 heteroatoms. The lowest BCUT2D eigenvalue weighted by Crippen LogP contribution is -2.60. The number of morpholine rings is 1. The largest absolute Gasteiger partial charge is 0.375 e. The van der Waals surface area contributed by atoms with Crippen LogP contribution < -0.4 is 5.32 Å². The van der Waals surface area contributed by atoms with Crippen LogP contribution in [0.2, 0.25) is 0 Å². The van der Waals surface area contributed by atoms with E-state index in [1.165, 1.54) is 38.5 Å². The Bertz CT molecular complexity index is 207. The maximum atomic E-state index is 6.06. The average Bonchev–Trinajstić information content (AvgIpc) is 2.21. The molecule has 1 N–H and O–H groups in total. The van der Waals surface area contributed by atoms with Crippen molar-refractivity contribution in [3.05, 3.63) is 0 Å². The summed E-state index contributed by atoms with van der Waals surface area (Å²) in [6, 6.07) is 0.615. The van der Waals surface area contributed by atoms with Crippen LogP contribution in [0.1, 0.15) is 58.8 Å². The van der Waals surface area contributed by atoms with E-state index < -0.39 is 0 Å². The molecule has 1 heterocycles. The predicted molar refractivity (Wildman–Crippen MR) is 63.1 cm³/mol. The Morgan fingerprint density at radius 3 is 2.67 bits per heavy atom. The zero-order chi connectivity index (χ0) is 10.7. The van der Waals surface area contributed by atoms with Crippen LogP contribution in [0.3, 0.4) is 0 Å². The Balaban J connectivity index is 1.97. The second-order valence-corrected chi connectivity index (χ2v) is 5.51. The van der Waals surface area contributed by atoms with Crippen molar-refractivity contribution in [2.24, 2.45) is 0 Å². The minimum atomic E-state index is 0.223. The maximum Gasteiger partial charge on any atom is 0.0729 e. The molecule has 3 unspecified atom stereocenters. The van der Waals surface area contributed by atoms with Gasteiger partial charge in [0.2, 0.25) is 0 Å². The lowest BCUT2D eigenvalue weighted by molar-refractivity contribution is -0.0671. The normalized spacial score (nSPS) is 42.8. The van der Waals surface area contributed by atoms with Crippen LogP contribution in [0.15, 0.2) is 0 Å². The van der Waals surface area contributed by atoms with Gasteiger partial charge in [-0.25, -0.2) is 0 Å². The van der Waals surface area contributed by atoms with Crippen LogP contribution in [0.25, 0.3) is 0 Å². The first-order valence-electron chi connectivity index (χ1n) is 6.63. The minimum Gasteiger partial charge on any atom is -0.375 e. The van der Waals surface area contributed by atoms with Crippen molar-refractivity contribution in [3.8, 4) is 0 Å². The quantitative estimate of drug-likeness (QED) is 0.720. The van der Waals surface area contributed by atoms with Crippen LogP contribution >= 0.6 is 0 Å². The lowest BCUT2D eigenvalue weighted by Gasteiger charge is -2.44. The fourth-order valence-electron chi connectivity index (χ4n) is 2.80. The van der Waals surface area contributed by atoms with Crippen molar-refractivity contribution in [1.29, 1.82) is 0 Å². The van der Waals surface area contributed by atoms with E-state index in [9.17, 15) is 0 Å². The SMILES string of the molecule is CCC1(C)COC2CCCCCCC2N1. The van der Waals surface area contributed by atoms with Crippen LogP contribution in [-0.4, -0.2) is 24.3 Å². The van der Waals surface area contributed by atoms with Crippen LogP contribution in [0.4, 0.5) is 0 Å². The molecular weight excluding hydrogens is 186 g/mol. The topological polar surface area (TPSA) is 21.3 Å². The highest BCUT2D eigenvalue weighted by atomic mass is 16.5. The van der Waals surface area contributed by atoms with E-state index in [-0.39, 0.29) is 5.54 Å². The molecule has 0 bridgehead atoms. The number of ether oxygens (including phenoxy) is 1. The van der Waals surface area contributed by atoms with Crippen LogP contribution in [0.5, 0.6) is 0 Å². The molecule has 3 atom stereocenters. The van der Waals surface area contributed by atoms with Gasteiger partial charge < -0.3 is 10.1 Å². The third-order valence-electron chi connectivity index (χ3n) is 4.13. The average molecular weight is 211 g/mol. The molecule has 1 aliphatic heterocycles. The Labute approximate surface area is 93.8 Å². The van der Waals surface area contributed by atoms with Gasteiger partial charge >= 0.3 is 0 Å². The first kappa shape index (κ1) is 11.4. The summed E-state index contributed by atoms with van der Waals surface area (Å²) in [5.41, 5.74) is 0.223. The number of hydrogen-bond acceptors (Lipinski definition) is 2. The molecule has 0 radical (unpaired) electrons. The van der Waals surface area contributed by atoms with E-state index in [1.807, 2.05) is 0 Å². The van der Waals surface area contributed by atoms with Crippen molar-refractivity contribution >= 4 is 0 Å². The Morgan fingerprint density at radius 1 is 1.20 bits per heavy atom. The highest BCUT2D eigenvalue weighted by Crippen LogP contribution is 2.27. The standard InChI is InChI=1S/C13H25NO/c1-3-13(2)10-15-12-9-7-5-4-6-8-11(12)14-13/h11-12,14H,3-10H2,1-2H3. The molecule has 2 fully saturated rings. The summed E-state index contributed by atoms with van der Waals surface area (Å²) in [7, 11) is 0. The molecule has 2 aliphatic rings. The third-order valence-corrected chi connectivity index (χ3v) is 4.13. The summed E-state index contributed by atoms with van der Waals surface area (Å²) >= 11 is 0. The van der Waals surface area contributed by atoms with E-state index in [0.29, 0.717) is 12.1 Å². The van der Waals surface area contributed by atoms with Crippen molar-refractivity contribution < 1.29 is 4.74 Å². The van der Waals surface area contributed by atoms with Crippen molar-refractivity contribution in [2.75, 3.05) is 6.61 Å². The summed E-state index contributed by atoms with van der Waals surface area (Å²) in [5.74, 6) is 0. The van der Waals surface area contributed by atoms with Crippen molar-refractivity contribution in [1.82, 2.24) is 5.32 Å². The van der Waals surface area contributed by atoms with Crippen molar-refractivity contribution in [3.63, 3.8) is 0 Å². The zero-order valence-electron chi connectivity index (χ0n) is 10.2. The van der Waals surface area contributed by atoms with E-state index >= 15 is 0 Å². The molecule has 1 saturated carbocycles. The fraction of sp³-hybridized carbons (Fsp3) is 1.00. The minimum absolute atomic E-state index is 0.223.